The van der Waals surface area contributed by atoms with Crippen LogP contribution in [0.3, 0.4) is 0 Å². The average Bonchev–Trinajstić information content (AvgIpc) is 3.23. The molecular weight excluding hydrogens is 402 g/mol. The monoisotopic (exact) mass is 423 g/mol. The van der Waals surface area contributed by atoms with Crippen molar-refractivity contribution in [3.63, 3.8) is 0 Å². The van der Waals surface area contributed by atoms with Gasteiger partial charge in [-0.05, 0) is 60.9 Å². The van der Waals surface area contributed by atoms with Crippen LogP contribution in [0.2, 0.25) is 0 Å². The van der Waals surface area contributed by atoms with Crippen LogP contribution in [-0.4, -0.2) is 28.2 Å². The van der Waals surface area contributed by atoms with Gasteiger partial charge in [0.25, 0.3) is 11.8 Å². The van der Waals surface area contributed by atoms with Crippen molar-refractivity contribution >= 4 is 40.6 Å². The zero-order valence-electron chi connectivity index (χ0n) is 15.8. The van der Waals surface area contributed by atoms with Gasteiger partial charge in [0.05, 0.1) is 5.56 Å². The number of rotatable bonds is 5. The zero-order valence-corrected chi connectivity index (χ0v) is 17.4. The van der Waals surface area contributed by atoms with Crippen LogP contribution in [0, 0.1) is 0 Å². The van der Waals surface area contributed by atoms with Crippen molar-refractivity contribution in [2.24, 2.45) is 0 Å². The molecule has 0 radical (unpaired) electrons. The molecule has 0 atom stereocenters. The molecule has 1 aliphatic carbocycles. The van der Waals surface area contributed by atoms with Crippen molar-refractivity contribution in [2.75, 3.05) is 11.1 Å². The van der Waals surface area contributed by atoms with Crippen LogP contribution >= 0.6 is 23.1 Å². The first kappa shape index (κ1) is 18.5. The predicted octanol–water partition coefficient (Wildman–Crippen LogP) is 4.47. The fourth-order valence-corrected chi connectivity index (χ4v) is 5.98. The standard InChI is InChI=1S/C22H21N3O2S2/c26-20(23-15-6-7-15)14-4-3-5-16(12-14)24-21(27)19-17-8-11-28-13-18(17)29-22(19)25-9-1-2-10-25/h1-5,9-10,12,15H,6-8,11,13H2,(H,23,26)(H,24,27). The molecular formula is C22H21N3O2S2. The third-order valence-corrected chi connectivity index (χ3v) is 7.58. The Morgan fingerprint density at radius 1 is 1.07 bits per heavy atom. The van der Waals surface area contributed by atoms with Crippen molar-refractivity contribution in [1.29, 1.82) is 0 Å². The van der Waals surface area contributed by atoms with E-state index >= 15 is 0 Å². The number of carbonyl (C=O) groups excluding carboxylic acids is 2. The first-order valence-corrected chi connectivity index (χ1v) is 11.7. The number of benzene rings is 1. The molecule has 1 aliphatic heterocycles. The first-order valence-electron chi connectivity index (χ1n) is 9.77. The molecule has 1 aromatic carbocycles. The van der Waals surface area contributed by atoms with E-state index < -0.39 is 0 Å². The van der Waals surface area contributed by atoms with Gasteiger partial charge in [0.2, 0.25) is 0 Å². The number of nitrogens with one attached hydrogen (secondary N) is 2. The lowest BCUT2D eigenvalue weighted by Crippen LogP contribution is -2.25. The predicted molar refractivity (Wildman–Crippen MR) is 118 cm³/mol. The molecule has 0 spiro atoms. The van der Waals surface area contributed by atoms with Crippen molar-refractivity contribution in [3.8, 4) is 5.00 Å². The van der Waals surface area contributed by atoms with Gasteiger partial charge in [-0.2, -0.15) is 11.8 Å². The Balaban J connectivity index is 1.44. The highest BCUT2D eigenvalue weighted by Crippen LogP contribution is 2.38. The molecule has 2 amide bonds. The van der Waals surface area contributed by atoms with E-state index in [1.165, 1.54) is 4.88 Å². The minimum atomic E-state index is -0.113. The van der Waals surface area contributed by atoms with Crippen LogP contribution < -0.4 is 10.6 Å². The Kier molecular flexibility index (Phi) is 4.93. The smallest absolute Gasteiger partial charge is 0.258 e. The number of anilines is 1. The highest BCUT2D eigenvalue weighted by molar-refractivity contribution is 7.98. The van der Waals surface area contributed by atoms with Gasteiger partial charge in [-0.15, -0.1) is 11.3 Å². The van der Waals surface area contributed by atoms with Crippen LogP contribution in [-0.2, 0) is 12.2 Å². The van der Waals surface area contributed by atoms with E-state index in [4.69, 9.17) is 0 Å². The second kappa shape index (κ2) is 7.72. The third-order valence-electron chi connectivity index (χ3n) is 5.16. The number of nitrogens with zero attached hydrogens (tertiary/aromatic N) is 1. The lowest BCUT2D eigenvalue weighted by atomic mass is 10.1. The molecule has 0 unspecified atom stereocenters. The summed E-state index contributed by atoms with van der Waals surface area (Å²) in [7, 11) is 0. The molecule has 1 saturated carbocycles. The van der Waals surface area contributed by atoms with Crippen molar-refractivity contribution in [1.82, 2.24) is 9.88 Å². The fraction of sp³-hybridized carbons (Fsp3) is 0.273. The van der Waals surface area contributed by atoms with Crippen molar-refractivity contribution in [3.05, 3.63) is 70.4 Å². The number of aromatic nitrogens is 1. The Morgan fingerprint density at radius 2 is 1.90 bits per heavy atom. The van der Waals surface area contributed by atoms with Gasteiger partial charge in [0.1, 0.15) is 5.00 Å². The Bertz CT molecular complexity index is 1070. The molecule has 3 heterocycles. The van der Waals surface area contributed by atoms with Crippen LogP contribution in [0.25, 0.3) is 5.00 Å². The van der Waals surface area contributed by atoms with Gasteiger partial charge in [-0.25, -0.2) is 0 Å². The van der Waals surface area contributed by atoms with E-state index in [2.05, 4.69) is 10.6 Å². The summed E-state index contributed by atoms with van der Waals surface area (Å²) >= 11 is 3.61. The van der Waals surface area contributed by atoms with Gasteiger partial charge in [-0.3, -0.25) is 9.59 Å². The topological polar surface area (TPSA) is 63.1 Å². The molecule has 2 aliphatic rings. The maximum atomic E-state index is 13.3. The minimum absolute atomic E-state index is 0.0819. The fourth-order valence-electron chi connectivity index (χ4n) is 3.53. The third kappa shape index (κ3) is 3.84. The summed E-state index contributed by atoms with van der Waals surface area (Å²) < 4.78 is 2.02. The number of amides is 2. The molecule has 1 fully saturated rings. The SMILES string of the molecule is O=C(NC1CC1)c1cccc(NC(=O)c2c(-n3cccc3)sc3c2CCSC3)c1. The van der Waals surface area contributed by atoms with Gasteiger partial charge < -0.3 is 15.2 Å². The lowest BCUT2D eigenvalue weighted by Gasteiger charge is -2.13. The van der Waals surface area contributed by atoms with Crippen LogP contribution in [0.5, 0.6) is 0 Å². The first-order chi connectivity index (χ1) is 14.2. The molecule has 5 rings (SSSR count). The maximum Gasteiger partial charge on any atom is 0.258 e. The Hall–Kier alpha value is -2.51. The second-order valence-electron chi connectivity index (χ2n) is 7.36. The molecule has 148 valence electrons. The number of thioether (sulfide) groups is 1. The van der Waals surface area contributed by atoms with E-state index in [1.807, 2.05) is 53.0 Å². The Labute approximate surface area is 177 Å². The second-order valence-corrected chi connectivity index (χ2v) is 9.55. The quantitative estimate of drug-likeness (QED) is 0.636. The summed E-state index contributed by atoms with van der Waals surface area (Å²) in [5.41, 5.74) is 3.14. The molecule has 2 N–H and O–H groups in total. The van der Waals surface area contributed by atoms with E-state index in [0.717, 1.165) is 46.9 Å². The average molecular weight is 424 g/mol. The summed E-state index contributed by atoms with van der Waals surface area (Å²) in [4.78, 5) is 26.9. The van der Waals surface area contributed by atoms with E-state index in [-0.39, 0.29) is 11.8 Å². The van der Waals surface area contributed by atoms with Crippen molar-refractivity contribution in [2.45, 2.75) is 31.1 Å². The van der Waals surface area contributed by atoms with Crippen LogP contribution in [0.4, 0.5) is 5.69 Å². The van der Waals surface area contributed by atoms with Gasteiger partial charge >= 0.3 is 0 Å². The van der Waals surface area contributed by atoms with Gasteiger partial charge in [0, 0.05) is 40.3 Å². The minimum Gasteiger partial charge on any atom is -0.349 e. The molecule has 5 nitrogen and oxygen atoms in total. The number of fused-ring (bicyclic) bond motifs is 1. The zero-order chi connectivity index (χ0) is 19.8. The normalized spacial score (nSPS) is 15.6. The molecule has 7 heteroatoms. The highest BCUT2D eigenvalue weighted by Gasteiger charge is 2.27. The molecule has 3 aromatic rings. The van der Waals surface area contributed by atoms with E-state index in [1.54, 1.807) is 23.5 Å². The largest absolute Gasteiger partial charge is 0.349 e. The summed E-state index contributed by atoms with van der Waals surface area (Å²) in [5.74, 6) is 1.80. The molecule has 2 aromatic heterocycles. The van der Waals surface area contributed by atoms with Crippen LogP contribution in [0.15, 0.2) is 48.8 Å². The van der Waals surface area contributed by atoms with E-state index in [9.17, 15) is 9.59 Å². The van der Waals surface area contributed by atoms with Gasteiger partial charge in [-0.1, -0.05) is 6.07 Å². The number of hydrogen-bond acceptors (Lipinski definition) is 4. The molecule has 29 heavy (non-hydrogen) atoms. The summed E-state index contributed by atoms with van der Waals surface area (Å²) in [6.07, 6.45) is 6.95. The molecule has 0 saturated heterocycles. The van der Waals surface area contributed by atoms with Crippen molar-refractivity contribution < 1.29 is 9.59 Å². The summed E-state index contributed by atoms with van der Waals surface area (Å²) in [5, 5.41) is 6.98. The Morgan fingerprint density at radius 3 is 2.69 bits per heavy atom. The number of thiophene rings is 1. The summed E-state index contributed by atoms with van der Waals surface area (Å²) in [6, 6.07) is 11.4. The lowest BCUT2D eigenvalue weighted by molar-refractivity contribution is 0.0949. The highest BCUT2D eigenvalue weighted by atomic mass is 32.2. The number of carbonyl (C=O) groups is 2. The van der Waals surface area contributed by atoms with Crippen LogP contribution in [0.1, 0.15) is 44.0 Å². The van der Waals surface area contributed by atoms with Gasteiger partial charge in [0.15, 0.2) is 0 Å². The number of hydrogen-bond donors (Lipinski definition) is 2. The maximum absolute atomic E-state index is 13.3. The van der Waals surface area contributed by atoms with E-state index in [0.29, 0.717) is 17.3 Å². The summed E-state index contributed by atoms with van der Waals surface area (Å²) in [6.45, 7) is 0. The molecule has 0 bridgehead atoms.